The molecule has 0 bridgehead atoms. The monoisotopic (exact) mass is 167 g/mol. The lowest BCUT2D eigenvalue weighted by molar-refractivity contribution is 0.979. The molecule has 0 aliphatic rings. The van der Waals surface area contributed by atoms with E-state index in [4.69, 9.17) is 5.73 Å². The zero-order valence-corrected chi connectivity index (χ0v) is 6.84. The van der Waals surface area contributed by atoms with Gasteiger partial charge in [-0.05, 0) is 13.0 Å². The van der Waals surface area contributed by atoms with Gasteiger partial charge in [-0.1, -0.05) is 0 Å². The molecule has 11 heavy (non-hydrogen) atoms. The summed E-state index contributed by atoms with van der Waals surface area (Å²) >= 11 is 1.70. The molecule has 0 saturated heterocycles. The molecule has 2 aromatic heterocycles. The maximum atomic E-state index is 5.43. The number of rotatable bonds is 2. The molecule has 0 aromatic carbocycles. The van der Waals surface area contributed by atoms with E-state index in [1.807, 2.05) is 10.6 Å². The van der Waals surface area contributed by atoms with Crippen molar-refractivity contribution in [1.29, 1.82) is 0 Å². The van der Waals surface area contributed by atoms with Crippen molar-refractivity contribution in [1.82, 2.24) is 9.38 Å². The topological polar surface area (TPSA) is 43.3 Å². The number of aromatic nitrogens is 2. The zero-order chi connectivity index (χ0) is 7.68. The minimum absolute atomic E-state index is 0.712. The van der Waals surface area contributed by atoms with Crippen LogP contribution < -0.4 is 5.73 Å². The van der Waals surface area contributed by atoms with E-state index in [0.29, 0.717) is 6.54 Å². The molecule has 4 heteroatoms. The van der Waals surface area contributed by atoms with Crippen LogP contribution in [-0.4, -0.2) is 15.9 Å². The van der Waals surface area contributed by atoms with Gasteiger partial charge >= 0.3 is 0 Å². The third kappa shape index (κ3) is 1.15. The fraction of sp³-hybridized carbons (Fsp3) is 0.286. The van der Waals surface area contributed by atoms with Crippen LogP contribution in [0.15, 0.2) is 18.6 Å². The summed E-state index contributed by atoms with van der Waals surface area (Å²) < 4.78 is 2.02. The average Bonchev–Trinajstić information content (AvgIpc) is 2.46. The largest absolute Gasteiger partial charge is 0.330 e. The smallest absolute Gasteiger partial charge is 0.193 e. The normalized spacial score (nSPS) is 11.0. The highest BCUT2D eigenvalue weighted by molar-refractivity contribution is 7.17. The van der Waals surface area contributed by atoms with Crippen LogP contribution in [-0.2, 0) is 6.42 Å². The Hall–Kier alpha value is -0.870. The summed E-state index contributed by atoms with van der Waals surface area (Å²) in [5.74, 6) is 0. The quantitative estimate of drug-likeness (QED) is 0.722. The van der Waals surface area contributed by atoms with Crippen LogP contribution in [0.4, 0.5) is 0 Å². The van der Waals surface area contributed by atoms with Gasteiger partial charge in [-0.3, -0.25) is 4.40 Å². The van der Waals surface area contributed by atoms with Crippen molar-refractivity contribution < 1.29 is 0 Å². The van der Waals surface area contributed by atoms with Crippen LogP contribution in [0.1, 0.15) is 4.88 Å². The van der Waals surface area contributed by atoms with E-state index in [1.165, 1.54) is 4.88 Å². The van der Waals surface area contributed by atoms with Crippen molar-refractivity contribution >= 4 is 16.3 Å². The van der Waals surface area contributed by atoms with Crippen molar-refractivity contribution in [2.45, 2.75) is 6.42 Å². The Bertz CT molecular complexity index is 321. The van der Waals surface area contributed by atoms with Gasteiger partial charge in [-0.15, -0.1) is 11.3 Å². The lowest BCUT2D eigenvalue weighted by Crippen LogP contribution is -2.00. The summed E-state index contributed by atoms with van der Waals surface area (Å²) in [6.45, 7) is 0.712. The second kappa shape index (κ2) is 2.64. The number of thiazole rings is 1. The third-order valence-electron chi connectivity index (χ3n) is 1.53. The summed E-state index contributed by atoms with van der Waals surface area (Å²) in [6.07, 6.45) is 6.79. The second-order valence-electron chi connectivity index (χ2n) is 2.35. The summed E-state index contributed by atoms with van der Waals surface area (Å²) in [7, 11) is 0. The van der Waals surface area contributed by atoms with E-state index in [9.17, 15) is 0 Å². The first kappa shape index (κ1) is 6.82. The Balaban J connectivity index is 2.42. The Morgan fingerprint density at radius 1 is 1.64 bits per heavy atom. The molecule has 0 amide bonds. The number of hydrogen-bond acceptors (Lipinski definition) is 3. The standard InChI is InChI=1S/C7H9N3S/c8-2-1-6-5-10-4-3-9-7(10)11-6/h3-5H,1-2,8H2. The molecule has 2 heterocycles. The lowest BCUT2D eigenvalue weighted by Gasteiger charge is -1.86. The lowest BCUT2D eigenvalue weighted by atomic mass is 10.4. The first-order chi connectivity index (χ1) is 5.40. The molecule has 3 nitrogen and oxygen atoms in total. The van der Waals surface area contributed by atoms with Crippen molar-refractivity contribution in [3.8, 4) is 0 Å². The molecule has 0 unspecified atom stereocenters. The van der Waals surface area contributed by atoms with E-state index in [2.05, 4.69) is 11.2 Å². The highest BCUT2D eigenvalue weighted by atomic mass is 32.1. The summed E-state index contributed by atoms with van der Waals surface area (Å²) in [4.78, 5) is 6.51. The maximum Gasteiger partial charge on any atom is 0.193 e. The van der Waals surface area contributed by atoms with Gasteiger partial charge in [0.15, 0.2) is 4.96 Å². The van der Waals surface area contributed by atoms with Crippen molar-refractivity contribution in [2.24, 2.45) is 5.73 Å². The van der Waals surface area contributed by atoms with Gasteiger partial charge in [-0.2, -0.15) is 0 Å². The second-order valence-corrected chi connectivity index (χ2v) is 3.45. The average molecular weight is 167 g/mol. The van der Waals surface area contributed by atoms with E-state index in [1.54, 1.807) is 17.5 Å². The van der Waals surface area contributed by atoms with Gasteiger partial charge in [0.1, 0.15) is 0 Å². The molecule has 0 aliphatic heterocycles. The third-order valence-corrected chi connectivity index (χ3v) is 2.60. The van der Waals surface area contributed by atoms with Gasteiger partial charge in [0.25, 0.3) is 0 Å². The SMILES string of the molecule is NCCc1cn2ccnc2s1. The molecule has 58 valence electrons. The number of fused-ring (bicyclic) bond motifs is 1. The highest BCUT2D eigenvalue weighted by Gasteiger charge is 1.99. The fourth-order valence-corrected chi connectivity index (χ4v) is 1.99. The van der Waals surface area contributed by atoms with Crippen LogP contribution in [0.3, 0.4) is 0 Å². The predicted molar refractivity (Wildman–Crippen MR) is 45.8 cm³/mol. The van der Waals surface area contributed by atoms with E-state index < -0.39 is 0 Å². The van der Waals surface area contributed by atoms with E-state index in [-0.39, 0.29) is 0 Å². The Morgan fingerprint density at radius 2 is 2.55 bits per heavy atom. The molecule has 2 N–H and O–H groups in total. The van der Waals surface area contributed by atoms with Gasteiger partial charge in [0, 0.05) is 23.5 Å². The van der Waals surface area contributed by atoms with Crippen molar-refractivity contribution in [2.75, 3.05) is 6.54 Å². The summed E-state index contributed by atoms with van der Waals surface area (Å²) in [5, 5.41) is 0. The maximum absolute atomic E-state index is 5.43. The van der Waals surface area contributed by atoms with Crippen molar-refractivity contribution in [3.05, 3.63) is 23.5 Å². The Labute approximate surface area is 68.5 Å². The molecule has 0 fully saturated rings. The van der Waals surface area contributed by atoms with Crippen LogP contribution in [0.25, 0.3) is 4.96 Å². The zero-order valence-electron chi connectivity index (χ0n) is 6.03. The summed E-state index contributed by atoms with van der Waals surface area (Å²) in [5.41, 5.74) is 5.43. The van der Waals surface area contributed by atoms with Crippen molar-refractivity contribution in [3.63, 3.8) is 0 Å². The first-order valence-electron chi connectivity index (χ1n) is 3.51. The molecule has 0 atom stereocenters. The molecule has 0 radical (unpaired) electrons. The molecule has 0 aliphatic carbocycles. The van der Waals surface area contributed by atoms with Gasteiger partial charge in [0.05, 0.1) is 0 Å². The molecule has 2 rings (SSSR count). The molecule has 2 aromatic rings. The Morgan fingerprint density at radius 3 is 3.27 bits per heavy atom. The molecular weight excluding hydrogens is 158 g/mol. The van der Waals surface area contributed by atoms with Crippen LogP contribution in [0, 0.1) is 0 Å². The number of nitrogens with two attached hydrogens (primary N) is 1. The minimum atomic E-state index is 0.712. The first-order valence-corrected chi connectivity index (χ1v) is 4.33. The molecule has 0 saturated carbocycles. The summed E-state index contributed by atoms with van der Waals surface area (Å²) in [6, 6.07) is 0. The van der Waals surface area contributed by atoms with Crippen LogP contribution in [0.5, 0.6) is 0 Å². The van der Waals surface area contributed by atoms with E-state index >= 15 is 0 Å². The Kier molecular flexibility index (Phi) is 1.63. The number of hydrogen-bond donors (Lipinski definition) is 1. The number of imidazole rings is 1. The minimum Gasteiger partial charge on any atom is -0.330 e. The fourth-order valence-electron chi connectivity index (χ4n) is 1.03. The van der Waals surface area contributed by atoms with E-state index in [0.717, 1.165) is 11.4 Å². The number of nitrogens with zero attached hydrogens (tertiary/aromatic N) is 2. The molecule has 0 spiro atoms. The predicted octanol–water partition coefficient (Wildman–Crippen LogP) is 0.897. The van der Waals surface area contributed by atoms with Gasteiger partial charge < -0.3 is 5.73 Å². The van der Waals surface area contributed by atoms with Crippen LogP contribution in [0.2, 0.25) is 0 Å². The highest BCUT2D eigenvalue weighted by Crippen LogP contribution is 2.15. The van der Waals surface area contributed by atoms with Gasteiger partial charge in [-0.25, -0.2) is 4.98 Å². The van der Waals surface area contributed by atoms with Gasteiger partial charge in [0.2, 0.25) is 0 Å². The van der Waals surface area contributed by atoms with Crippen LogP contribution >= 0.6 is 11.3 Å². The molecular formula is C7H9N3S.